The number of hydrogen-bond acceptors (Lipinski definition) is 8. The lowest BCUT2D eigenvalue weighted by Crippen LogP contribution is -2.47. The van der Waals surface area contributed by atoms with Crippen molar-refractivity contribution in [2.24, 2.45) is 0 Å². The van der Waals surface area contributed by atoms with Gasteiger partial charge in [-0.05, 0) is 11.4 Å². The maximum absolute atomic E-state index is 5.18. The fourth-order valence-electron chi connectivity index (χ4n) is 3.03. The van der Waals surface area contributed by atoms with Crippen molar-refractivity contribution in [2.45, 2.75) is 0 Å². The topological polar surface area (TPSA) is 54.4 Å². The molecule has 0 aliphatic carbocycles. The number of anilines is 1. The summed E-state index contributed by atoms with van der Waals surface area (Å²) in [4.78, 5) is 19.9. The van der Waals surface area contributed by atoms with Crippen molar-refractivity contribution < 1.29 is 4.74 Å². The number of ether oxygens (including phenoxy) is 1. The summed E-state index contributed by atoms with van der Waals surface area (Å²) in [6.45, 7) is 5.63. The van der Waals surface area contributed by atoms with Crippen LogP contribution in [-0.4, -0.2) is 66.3 Å². The number of hydrogen-bond donors (Lipinski definition) is 0. The lowest BCUT2D eigenvalue weighted by atomic mass is 10.2. The molecule has 8 heteroatoms. The minimum absolute atomic E-state index is 0.778. The Morgan fingerprint density at radius 1 is 1.12 bits per heavy atom. The number of thiazole rings is 1. The van der Waals surface area contributed by atoms with Crippen LogP contribution in [0.1, 0.15) is 0 Å². The highest BCUT2D eigenvalue weighted by atomic mass is 32.1. The van der Waals surface area contributed by atoms with E-state index in [1.807, 2.05) is 17.8 Å². The van der Waals surface area contributed by atoms with Crippen molar-refractivity contribution in [3.8, 4) is 21.1 Å². The maximum Gasteiger partial charge on any atom is 0.226 e. The summed E-state index contributed by atoms with van der Waals surface area (Å²) in [5.74, 6) is 0.793. The fourth-order valence-corrected chi connectivity index (χ4v) is 4.41. The predicted molar refractivity (Wildman–Crippen MR) is 107 cm³/mol. The average molecular weight is 388 g/mol. The Labute approximate surface area is 161 Å². The highest BCUT2D eigenvalue weighted by Gasteiger charge is 2.21. The van der Waals surface area contributed by atoms with E-state index in [0.717, 1.165) is 61.5 Å². The molecule has 0 bridgehead atoms. The maximum atomic E-state index is 5.18. The van der Waals surface area contributed by atoms with Crippen LogP contribution < -0.4 is 4.90 Å². The van der Waals surface area contributed by atoms with E-state index >= 15 is 0 Å². The van der Waals surface area contributed by atoms with Gasteiger partial charge in [0.15, 0.2) is 0 Å². The molecule has 0 spiro atoms. The van der Waals surface area contributed by atoms with Gasteiger partial charge in [0.2, 0.25) is 5.95 Å². The van der Waals surface area contributed by atoms with Crippen LogP contribution in [0, 0.1) is 0 Å². The Morgan fingerprint density at radius 2 is 2.00 bits per heavy atom. The van der Waals surface area contributed by atoms with E-state index < -0.39 is 0 Å². The van der Waals surface area contributed by atoms with E-state index in [9.17, 15) is 0 Å². The van der Waals surface area contributed by atoms with Gasteiger partial charge in [-0.3, -0.25) is 4.90 Å². The molecule has 1 fully saturated rings. The normalized spacial score (nSPS) is 15.5. The molecule has 1 saturated heterocycles. The Morgan fingerprint density at radius 3 is 2.69 bits per heavy atom. The molecular formula is C18H21N5OS2. The van der Waals surface area contributed by atoms with Crippen molar-refractivity contribution in [1.29, 1.82) is 0 Å². The van der Waals surface area contributed by atoms with Gasteiger partial charge < -0.3 is 9.64 Å². The molecule has 1 aliphatic heterocycles. The largest absolute Gasteiger partial charge is 0.383 e. The second kappa shape index (κ2) is 8.22. The van der Waals surface area contributed by atoms with Gasteiger partial charge in [0.25, 0.3) is 0 Å². The monoisotopic (exact) mass is 387 g/mol. The van der Waals surface area contributed by atoms with Crippen molar-refractivity contribution >= 4 is 28.6 Å². The second-order valence-corrected chi connectivity index (χ2v) is 7.91. The summed E-state index contributed by atoms with van der Waals surface area (Å²) >= 11 is 3.32. The first-order valence-electron chi connectivity index (χ1n) is 8.62. The first kappa shape index (κ1) is 17.5. The molecule has 1 aliphatic rings. The number of piperazine rings is 1. The van der Waals surface area contributed by atoms with Crippen LogP contribution in [0.2, 0.25) is 0 Å². The van der Waals surface area contributed by atoms with Gasteiger partial charge in [-0.2, -0.15) is 0 Å². The van der Waals surface area contributed by atoms with E-state index in [0.29, 0.717) is 0 Å². The van der Waals surface area contributed by atoms with Gasteiger partial charge in [0.1, 0.15) is 10.7 Å². The van der Waals surface area contributed by atoms with Crippen LogP contribution in [0.15, 0.2) is 35.3 Å². The van der Waals surface area contributed by atoms with Crippen molar-refractivity contribution in [3.63, 3.8) is 0 Å². The zero-order valence-electron chi connectivity index (χ0n) is 14.7. The second-order valence-electron chi connectivity index (χ2n) is 6.07. The van der Waals surface area contributed by atoms with Crippen LogP contribution in [-0.2, 0) is 4.74 Å². The molecule has 4 rings (SSSR count). The van der Waals surface area contributed by atoms with Crippen LogP contribution in [0.3, 0.4) is 0 Å². The summed E-state index contributed by atoms with van der Waals surface area (Å²) in [6.07, 6.45) is 3.77. The van der Waals surface area contributed by atoms with Crippen molar-refractivity contribution in [3.05, 3.63) is 35.3 Å². The fraction of sp³-hybridized carbons (Fsp3) is 0.389. The third kappa shape index (κ3) is 3.78. The summed E-state index contributed by atoms with van der Waals surface area (Å²) < 4.78 is 5.18. The van der Waals surface area contributed by atoms with Gasteiger partial charge in [0, 0.05) is 68.0 Å². The van der Waals surface area contributed by atoms with Gasteiger partial charge >= 0.3 is 0 Å². The zero-order valence-corrected chi connectivity index (χ0v) is 16.3. The standard InChI is InChI=1S/C18H21N5OS2/c1-24-10-9-22-5-7-23(8-6-22)18-20-13-14(15-3-2-11-25-15)16(21-18)17-19-4-12-26-17/h2-4,11-13H,5-10H2,1H3. The minimum atomic E-state index is 0.778. The minimum Gasteiger partial charge on any atom is -0.383 e. The summed E-state index contributed by atoms with van der Waals surface area (Å²) in [7, 11) is 1.75. The highest BCUT2D eigenvalue weighted by molar-refractivity contribution is 7.14. The molecule has 0 amide bonds. The summed E-state index contributed by atoms with van der Waals surface area (Å²) in [5, 5.41) is 5.01. The molecule has 3 aromatic rings. The Hall–Kier alpha value is -1.87. The molecular weight excluding hydrogens is 366 g/mol. The summed E-state index contributed by atoms with van der Waals surface area (Å²) in [6, 6.07) is 4.16. The molecule has 3 aromatic heterocycles. The van der Waals surface area contributed by atoms with E-state index in [1.54, 1.807) is 29.8 Å². The molecule has 26 heavy (non-hydrogen) atoms. The molecule has 0 radical (unpaired) electrons. The smallest absolute Gasteiger partial charge is 0.226 e. The predicted octanol–water partition coefficient (Wildman–Crippen LogP) is 3.10. The molecule has 6 nitrogen and oxygen atoms in total. The zero-order chi connectivity index (χ0) is 17.8. The first-order chi connectivity index (χ1) is 12.8. The van der Waals surface area contributed by atoms with Gasteiger partial charge in [-0.1, -0.05) is 6.07 Å². The highest BCUT2D eigenvalue weighted by Crippen LogP contribution is 2.34. The molecule has 0 atom stereocenters. The number of methoxy groups -OCH3 is 1. The first-order valence-corrected chi connectivity index (χ1v) is 10.4. The quantitative estimate of drug-likeness (QED) is 0.648. The van der Waals surface area contributed by atoms with Gasteiger partial charge in [-0.15, -0.1) is 22.7 Å². The SMILES string of the molecule is COCCN1CCN(c2ncc(-c3cccs3)c(-c3nccs3)n2)CC1. The van der Waals surface area contributed by atoms with Crippen LogP contribution >= 0.6 is 22.7 Å². The number of thiophene rings is 1. The third-order valence-electron chi connectivity index (χ3n) is 4.46. The lowest BCUT2D eigenvalue weighted by molar-refractivity contribution is 0.143. The van der Waals surface area contributed by atoms with Crippen LogP contribution in [0.25, 0.3) is 21.1 Å². The molecule has 0 saturated carbocycles. The molecule has 4 heterocycles. The van der Waals surface area contributed by atoms with Gasteiger partial charge in [0.05, 0.1) is 6.61 Å². The van der Waals surface area contributed by atoms with E-state index in [4.69, 9.17) is 9.72 Å². The Bertz CT molecular complexity index is 814. The lowest BCUT2D eigenvalue weighted by Gasteiger charge is -2.34. The average Bonchev–Trinajstić information content (AvgIpc) is 3.40. The molecule has 0 N–H and O–H groups in total. The van der Waals surface area contributed by atoms with E-state index in [1.165, 1.54) is 4.88 Å². The molecule has 136 valence electrons. The molecule has 0 aromatic carbocycles. The number of aromatic nitrogens is 3. The number of rotatable bonds is 6. The van der Waals surface area contributed by atoms with Crippen molar-refractivity contribution in [1.82, 2.24) is 19.9 Å². The summed E-state index contributed by atoms with van der Waals surface area (Å²) in [5.41, 5.74) is 1.98. The van der Waals surface area contributed by atoms with E-state index in [-0.39, 0.29) is 0 Å². The third-order valence-corrected chi connectivity index (χ3v) is 6.15. The van der Waals surface area contributed by atoms with Crippen molar-refractivity contribution in [2.75, 3.05) is 51.3 Å². The Kier molecular flexibility index (Phi) is 5.54. The van der Waals surface area contributed by atoms with Crippen LogP contribution in [0.5, 0.6) is 0 Å². The van der Waals surface area contributed by atoms with Gasteiger partial charge in [-0.25, -0.2) is 15.0 Å². The number of nitrogens with zero attached hydrogens (tertiary/aromatic N) is 5. The van der Waals surface area contributed by atoms with Crippen LogP contribution in [0.4, 0.5) is 5.95 Å². The van der Waals surface area contributed by atoms with E-state index in [2.05, 4.69) is 37.3 Å². The molecule has 0 unspecified atom stereocenters. The Balaban J connectivity index is 1.58.